The molecular weight excluding hydrogens is 260 g/mol. The van der Waals surface area contributed by atoms with E-state index in [9.17, 15) is 5.11 Å². The van der Waals surface area contributed by atoms with Gasteiger partial charge in [0.1, 0.15) is 5.75 Å². The Hall–Kier alpha value is -1.53. The van der Waals surface area contributed by atoms with Crippen LogP contribution in [-0.4, -0.2) is 11.7 Å². The van der Waals surface area contributed by atoms with Gasteiger partial charge in [-0.2, -0.15) is 5.26 Å². The van der Waals surface area contributed by atoms with E-state index >= 15 is 0 Å². The Bertz CT molecular complexity index is 493. The van der Waals surface area contributed by atoms with Crippen molar-refractivity contribution in [3.05, 3.63) is 28.8 Å². The van der Waals surface area contributed by atoms with Gasteiger partial charge in [-0.3, -0.25) is 0 Å². The van der Waals surface area contributed by atoms with E-state index in [2.05, 4.69) is 65.1 Å². The molecule has 0 bridgehead atoms. The number of nitrogens with one attached hydrogen (secondary N) is 1. The number of hydrogen-bond donors (Lipinski definition) is 2. The zero-order chi connectivity index (χ0) is 16.3. The van der Waals surface area contributed by atoms with Gasteiger partial charge < -0.3 is 10.4 Å². The summed E-state index contributed by atoms with van der Waals surface area (Å²) in [5.41, 5.74) is 2.90. The first-order valence-corrected chi connectivity index (χ1v) is 7.52. The molecule has 0 aliphatic heterocycles. The van der Waals surface area contributed by atoms with Crippen molar-refractivity contribution in [1.82, 2.24) is 5.32 Å². The molecule has 3 heteroatoms. The van der Waals surface area contributed by atoms with Crippen LogP contribution in [0.1, 0.15) is 64.7 Å². The molecule has 0 atom stereocenters. The molecule has 0 fully saturated rings. The van der Waals surface area contributed by atoms with Gasteiger partial charge >= 0.3 is 0 Å². The molecule has 0 radical (unpaired) electrons. The van der Waals surface area contributed by atoms with Crippen molar-refractivity contribution < 1.29 is 5.11 Å². The Labute approximate surface area is 129 Å². The molecule has 1 aromatic carbocycles. The van der Waals surface area contributed by atoms with Crippen LogP contribution in [0.15, 0.2) is 12.1 Å². The SMILES string of the molecule is CC(C)(C)c1cc(CNCCC#N)cc(C(C)(C)C)c1O. The maximum absolute atomic E-state index is 10.6. The number of benzene rings is 1. The van der Waals surface area contributed by atoms with Crippen molar-refractivity contribution >= 4 is 0 Å². The maximum atomic E-state index is 10.6. The lowest BCUT2D eigenvalue weighted by Crippen LogP contribution is -2.20. The molecule has 0 saturated heterocycles. The van der Waals surface area contributed by atoms with Crippen LogP contribution < -0.4 is 5.32 Å². The maximum Gasteiger partial charge on any atom is 0.123 e. The highest BCUT2D eigenvalue weighted by molar-refractivity contribution is 5.49. The number of rotatable bonds is 4. The fraction of sp³-hybridized carbons (Fsp3) is 0.611. The number of phenols is 1. The van der Waals surface area contributed by atoms with Crippen LogP contribution in [-0.2, 0) is 17.4 Å². The smallest absolute Gasteiger partial charge is 0.123 e. The third kappa shape index (κ3) is 4.75. The quantitative estimate of drug-likeness (QED) is 0.824. The monoisotopic (exact) mass is 288 g/mol. The van der Waals surface area contributed by atoms with Crippen molar-refractivity contribution in [2.75, 3.05) is 6.54 Å². The molecule has 0 unspecified atom stereocenters. The summed E-state index contributed by atoms with van der Waals surface area (Å²) in [6, 6.07) is 6.28. The second-order valence-corrected chi connectivity index (χ2v) is 7.62. The molecule has 0 saturated carbocycles. The van der Waals surface area contributed by atoms with E-state index in [1.807, 2.05) is 0 Å². The summed E-state index contributed by atoms with van der Waals surface area (Å²) in [5, 5.41) is 22.5. The molecule has 1 aromatic rings. The Morgan fingerprint density at radius 2 is 1.52 bits per heavy atom. The van der Waals surface area contributed by atoms with Crippen LogP contribution >= 0.6 is 0 Å². The largest absolute Gasteiger partial charge is 0.507 e. The highest BCUT2D eigenvalue weighted by Gasteiger charge is 2.26. The van der Waals surface area contributed by atoms with Gasteiger partial charge in [0, 0.05) is 19.5 Å². The number of nitriles is 1. The van der Waals surface area contributed by atoms with E-state index in [1.165, 1.54) is 0 Å². The predicted molar refractivity (Wildman–Crippen MR) is 87.4 cm³/mol. The molecule has 0 spiro atoms. The Morgan fingerprint density at radius 1 is 1.05 bits per heavy atom. The summed E-state index contributed by atoms with van der Waals surface area (Å²) >= 11 is 0. The first-order valence-electron chi connectivity index (χ1n) is 7.52. The summed E-state index contributed by atoms with van der Waals surface area (Å²) < 4.78 is 0. The van der Waals surface area contributed by atoms with Crippen molar-refractivity contribution in [1.29, 1.82) is 5.26 Å². The van der Waals surface area contributed by atoms with E-state index in [0.29, 0.717) is 25.3 Å². The summed E-state index contributed by atoms with van der Waals surface area (Å²) in [6.45, 7) is 14.1. The fourth-order valence-corrected chi connectivity index (χ4v) is 2.32. The first-order chi connectivity index (χ1) is 9.57. The third-order valence-corrected chi connectivity index (χ3v) is 3.53. The first kappa shape index (κ1) is 17.5. The average molecular weight is 288 g/mol. The fourth-order valence-electron chi connectivity index (χ4n) is 2.32. The lowest BCUT2D eigenvalue weighted by Gasteiger charge is -2.28. The van der Waals surface area contributed by atoms with Gasteiger partial charge in [0.25, 0.3) is 0 Å². The number of nitrogens with zero attached hydrogens (tertiary/aromatic N) is 1. The van der Waals surface area contributed by atoms with Crippen LogP contribution in [0.4, 0.5) is 0 Å². The van der Waals surface area contributed by atoms with Crippen LogP contribution in [0.3, 0.4) is 0 Å². The molecule has 0 aliphatic carbocycles. The molecule has 3 nitrogen and oxygen atoms in total. The van der Waals surface area contributed by atoms with Gasteiger partial charge in [-0.15, -0.1) is 0 Å². The standard InChI is InChI=1S/C18H28N2O/c1-17(2,3)14-10-13(12-20-9-7-8-19)11-15(16(14)21)18(4,5)6/h10-11,20-21H,7,9,12H2,1-6H3. The summed E-state index contributed by atoms with van der Waals surface area (Å²) in [6.07, 6.45) is 0.510. The van der Waals surface area contributed by atoms with Gasteiger partial charge in [0.05, 0.1) is 6.07 Å². The van der Waals surface area contributed by atoms with E-state index in [-0.39, 0.29) is 10.8 Å². The van der Waals surface area contributed by atoms with Crippen molar-refractivity contribution in [3.8, 4) is 11.8 Å². The highest BCUT2D eigenvalue weighted by atomic mass is 16.3. The zero-order valence-corrected chi connectivity index (χ0v) is 14.2. The van der Waals surface area contributed by atoms with Crippen molar-refractivity contribution in [2.45, 2.75) is 65.3 Å². The second-order valence-electron chi connectivity index (χ2n) is 7.62. The molecule has 2 N–H and O–H groups in total. The number of aromatic hydroxyl groups is 1. The molecule has 0 aromatic heterocycles. The summed E-state index contributed by atoms with van der Waals surface area (Å²) in [4.78, 5) is 0. The minimum absolute atomic E-state index is 0.104. The van der Waals surface area contributed by atoms with E-state index in [4.69, 9.17) is 5.26 Å². The van der Waals surface area contributed by atoms with Crippen LogP contribution in [0.5, 0.6) is 5.75 Å². The zero-order valence-electron chi connectivity index (χ0n) is 14.2. The van der Waals surface area contributed by atoms with Crippen LogP contribution in [0.2, 0.25) is 0 Å². The lowest BCUT2D eigenvalue weighted by atomic mass is 9.78. The van der Waals surface area contributed by atoms with Crippen molar-refractivity contribution in [2.24, 2.45) is 0 Å². The van der Waals surface area contributed by atoms with Gasteiger partial charge in [-0.25, -0.2) is 0 Å². The highest BCUT2D eigenvalue weighted by Crippen LogP contribution is 2.39. The minimum Gasteiger partial charge on any atom is -0.507 e. The molecule has 116 valence electrons. The number of hydrogen-bond acceptors (Lipinski definition) is 3. The Morgan fingerprint density at radius 3 is 1.90 bits per heavy atom. The summed E-state index contributed by atoms with van der Waals surface area (Å²) in [7, 11) is 0. The molecule has 1 rings (SSSR count). The molecule has 21 heavy (non-hydrogen) atoms. The lowest BCUT2D eigenvalue weighted by molar-refractivity contribution is 0.422. The molecule has 0 aliphatic rings. The average Bonchev–Trinajstić information content (AvgIpc) is 2.33. The van der Waals surface area contributed by atoms with Gasteiger partial charge in [-0.05, 0) is 27.5 Å². The number of phenolic OH excluding ortho intramolecular Hbond substituents is 1. The Balaban J connectivity index is 3.19. The van der Waals surface area contributed by atoms with Crippen LogP contribution in [0, 0.1) is 11.3 Å². The minimum atomic E-state index is -0.104. The van der Waals surface area contributed by atoms with Crippen molar-refractivity contribution in [3.63, 3.8) is 0 Å². The van der Waals surface area contributed by atoms with Gasteiger partial charge in [-0.1, -0.05) is 53.7 Å². The molecule has 0 amide bonds. The summed E-state index contributed by atoms with van der Waals surface area (Å²) in [5.74, 6) is 0.413. The van der Waals surface area contributed by atoms with Gasteiger partial charge in [0.15, 0.2) is 0 Å². The normalized spacial score (nSPS) is 12.2. The van der Waals surface area contributed by atoms with E-state index in [0.717, 1.165) is 16.7 Å². The molecular formula is C18H28N2O. The third-order valence-electron chi connectivity index (χ3n) is 3.53. The van der Waals surface area contributed by atoms with E-state index < -0.39 is 0 Å². The topological polar surface area (TPSA) is 56.0 Å². The Kier molecular flexibility index (Phi) is 5.42. The second kappa shape index (κ2) is 6.49. The van der Waals surface area contributed by atoms with Gasteiger partial charge in [0.2, 0.25) is 0 Å². The molecule has 0 heterocycles. The van der Waals surface area contributed by atoms with E-state index in [1.54, 1.807) is 0 Å². The van der Waals surface area contributed by atoms with Crippen LogP contribution in [0.25, 0.3) is 0 Å². The predicted octanol–water partition coefficient (Wildman–Crippen LogP) is 3.99.